The molecule has 0 spiro atoms. The van der Waals surface area contributed by atoms with E-state index in [1.54, 1.807) is 10.6 Å². The zero-order chi connectivity index (χ0) is 24.3. The smallest absolute Gasteiger partial charge is 0.270 e. The molecule has 1 aliphatic rings. The van der Waals surface area contributed by atoms with Crippen molar-refractivity contribution in [3.63, 3.8) is 0 Å². The summed E-state index contributed by atoms with van der Waals surface area (Å²) in [5.41, 5.74) is 2.89. The van der Waals surface area contributed by atoms with Crippen LogP contribution in [0.1, 0.15) is 5.56 Å². The van der Waals surface area contributed by atoms with Crippen LogP contribution in [0.25, 0.3) is 33.3 Å². The van der Waals surface area contributed by atoms with Crippen molar-refractivity contribution in [1.82, 2.24) is 14.5 Å². The van der Waals surface area contributed by atoms with Crippen molar-refractivity contribution in [2.24, 2.45) is 0 Å². The van der Waals surface area contributed by atoms with E-state index in [4.69, 9.17) is 4.98 Å². The highest BCUT2D eigenvalue weighted by molar-refractivity contribution is 7.92. The number of non-ortho nitro benzene ring substituents is 1. The maximum atomic E-state index is 13.4. The summed E-state index contributed by atoms with van der Waals surface area (Å²) in [6, 6.07) is 17.2. The summed E-state index contributed by atoms with van der Waals surface area (Å²) in [6.07, 6.45) is 0.665. The fourth-order valence-electron chi connectivity index (χ4n) is 4.54. The maximum absolute atomic E-state index is 13.4. The molecule has 2 N–H and O–H groups in total. The number of nitro benzene ring substituents is 1. The topological polar surface area (TPSA) is 140 Å². The van der Waals surface area contributed by atoms with Crippen LogP contribution < -0.4 is 10.3 Å². The van der Waals surface area contributed by atoms with Crippen LogP contribution in [0.15, 0.2) is 76.4 Å². The maximum Gasteiger partial charge on any atom is 0.270 e. The van der Waals surface area contributed by atoms with Crippen molar-refractivity contribution >= 4 is 43.2 Å². The van der Waals surface area contributed by atoms with Crippen LogP contribution in [-0.4, -0.2) is 27.9 Å². The lowest BCUT2D eigenvalue weighted by atomic mass is 10.0. The Morgan fingerprint density at radius 3 is 2.69 bits per heavy atom. The Hall–Kier alpha value is -4.51. The predicted molar refractivity (Wildman–Crippen MR) is 131 cm³/mol. The van der Waals surface area contributed by atoms with Crippen LogP contribution >= 0.6 is 0 Å². The first-order valence-corrected chi connectivity index (χ1v) is 12.2. The third-order valence-electron chi connectivity index (χ3n) is 6.17. The number of sulfonamides is 1. The van der Waals surface area contributed by atoms with Gasteiger partial charge in [-0.3, -0.25) is 24.2 Å². The summed E-state index contributed by atoms with van der Waals surface area (Å²) >= 11 is 0. The molecule has 5 aromatic rings. The summed E-state index contributed by atoms with van der Waals surface area (Å²) in [6.45, 7) is 0.454. The first-order chi connectivity index (χ1) is 16.8. The molecule has 35 heavy (non-hydrogen) atoms. The number of benzene rings is 3. The summed E-state index contributed by atoms with van der Waals surface area (Å²) in [5.74, 6) is 0.546. The molecule has 0 unspecified atom stereocenters. The SMILES string of the molecule is O=c1c2cc(NS(=O)(=O)c3cccc([N+](=O)[O-])c3)ccc2nc2n1CCc1c-2[nH]c2ccccc12. The van der Waals surface area contributed by atoms with E-state index in [9.17, 15) is 23.3 Å². The number of H-pyrrole nitrogens is 1. The minimum Gasteiger partial charge on any atom is -0.352 e. The van der Waals surface area contributed by atoms with E-state index in [2.05, 4.69) is 9.71 Å². The molecular formula is C24H17N5O5S. The number of aryl methyl sites for hydroxylation is 1. The van der Waals surface area contributed by atoms with Gasteiger partial charge in [-0.1, -0.05) is 24.3 Å². The highest BCUT2D eigenvalue weighted by atomic mass is 32.2. The van der Waals surface area contributed by atoms with Gasteiger partial charge in [0.15, 0.2) is 5.82 Å². The van der Waals surface area contributed by atoms with Gasteiger partial charge >= 0.3 is 0 Å². The fraction of sp³-hybridized carbons (Fsp3) is 0.0833. The molecule has 0 bridgehead atoms. The summed E-state index contributed by atoms with van der Waals surface area (Å²) in [4.78, 5) is 31.6. The van der Waals surface area contributed by atoms with Crippen molar-refractivity contribution in [3.05, 3.63) is 92.8 Å². The molecule has 11 heteroatoms. The molecule has 0 saturated heterocycles. The average Bonchev–Trinajstić information content (AvgIpc) is 3.24. The van der Waals surface area contributed by atoms with Crippen molar-refractivity contribution in [2.75, 3.05) is 4.72 Å². The van der Waals surface area contributed by atoms with Gasteiger partial charge in [0.05, 0.1) is 26.4 Å². The number of hydrogen-bond donors (Lipinski definition) is 2. The molecule has 0 radical (unpaired) electrons. The Morgan fingerprint density at radius 2 is 1.86 bits per heavy atom. The van der Waals surface area contributed by atoms with Crippen molar-refractivity contribution in [3.8, 4) is 11.5 Å². The molecule has 0 amide bonds. The van der Waals surface area contributed by atoms with E-state index in [1.165, 1.54) is 30.3 Å². The van der Waals surface area contributed by atoms with E-state index in [-0.39, 0.29) is 27.2 Å². The minimum absolute atomic E-state index is 0.158. The van der Waals surface area contributed by atoms with Gasteiger partial charge in [0.2, 0.25) is 0 Å². The van der Waals surface area contributed by atoms with Crippen LogP contribution in [0.2, 0.25) is 0 Å². The Labute approximate surface area is 198 Å². The zero-order valence-corrected chi connectivity index (χ0v) is 18.9. The molecule has 3 aromatic carbocycles. The second kappa shape index (κ2) is 7.50. The largest absolute Gasteiger partial charge is 0.352 e. The van der Waals surface area contributed by atoms with Crippen LogP contribution in [0, 0.1) is 10.1 Å². The normalized spacial score (nSPS) is 12.9. The predicted octanol–water partition coefficient (Wildman–Crippen LogP) is 3.81. The lowest BCUT2D eigenvalue weighted by Gasteiger charge is -2.19. The van der Waals surface area contributed by atoms with Gasteiger partial charge in [0, 0.05) is 35.3 Å². The van der Waals surface area contributed by atoms with Gasteiger partial charge in [0.25, 0.3) is 21.3 Å². The average molecular weight is 487 g/mol. The summed E-state index contributed by atoms with van der Waals surface area (Å²) in [5, 5.41) is 12.4. The van der Waals surface area contributed by atoms with Gasteiger partial charge in [0.1, 0.15) is 0 Å². The lowest BCUT2D eigenvalue weighted by molar-refractivity contribution is -0.385. The first kappa shape index (κ1) is 21.1. The van der Waals surface area contributed by atoms with Gasteiger partial charge < -0.3 is 4.98 Å². The molecule has 1 aliphatic heterocycles. The number of aromatic nitrogens is 3. The highest BCUT2D eigenvalue weighted by Crippen LogP contribution is 2.33. The van der Waals surface area contributed by atoms with Gasteiger partial charge in [-0.15, -0.1) is 0 Å². The highest BCUT2D eigenvalue weighted by Gasteiger charge is 2.24. The Balaban J connectivity index is 1.42. The van der Waals surface area contributed by atoms with Crippen LogP contribution in [-0.2, 0) is 23.0 Å². The molecule has 6 rings (SSSR count). The number of nitro groups is 1. The summed E-state index contributed by atoms with van der Waals surface area (Å²) < 4.78 is 29.6. The standard InChI is InChI=1S/C24H17N5O5S/c30-24-19-12-14(27-35(33,34)16-5-3-4-15(13-16)29(31)32)8-9-21(19)26-23-22-18(10-11-28(23)24)17-6-1-2-7-20(17)25-22/h1-9,12-13,25,27H,10-11H2. The van der Waals surface area contributed by atoms with E-state index < -0.39 is 14.9 Å². The Kier molecular flexibility index (Phi) is 4.51. The number of fused-ring (bicyclic) bond motifs is 6. The molecule has 0 saturated carbocycles. The summed E-state index contributed by atoms with van der Waals surface area (Å²) in [7, 11) is -4.11. The van der Waals surface area contributed by atoms with Crippen LogP contribution in [0.3, 0.4) is 0 Å². The second-order valence-corrected chi connectivity index (χ2v) is 9.94. The number of para-hydroxylation sites is 1. The fourth-order valence-corrected chi connectivity index (χ4v) is 5.62. The third-order valence-corrected chi connectivity index (χ3v) is 7.55. The van der Waals surface area contributed by atoms with Gasteiger partial charge in [-0.05, 0) is 42.3 Å². The number of rotatable bonds is 4. The second-order valence-electron chi connectivity index (χ2n) is 8.26. The van der Waals surface area contributed by atoms with E-state index >= 15 is 0 Å². The molecule has 3 heterocycles. The molecule has 0 aliphatic carbocycles. The van der Waals surface area contributed by atoms with Gasteiger partial charge in [-0.2, -0.15) is 0 Å². The minimum atomic E-state index is -4.11. The molecule has 0 fully saturated rings. The molecule has 174 valence electrons. The van der Waals surface area contributed by atoms with Crippen molar-refractivity contribution in [2.45, 2.75) is 17.9 Å². The van der Waals surface area contributed by atoms with E-state index in [1.807, 2.05) is 24.3 Å². The number of hydrogen-bond acceptors (Lipinski definition) is 6. The van der Waals surface area contributed by atoms with Gasteiger partial charge in [-0.25, -0.2) is 13.4 Å². The molecular weight excluding hydrogens is 470 g/mol. The monoisotopic (exact) mass is 487 g/mol. The quantitative estimate of drug-likeness (QED) is 0.292. The Bertz CT molecular complexity index is 1860. The molecule has 10 nitrogen and oxygen atoms in total. The molecule has 0 atom stereocenters. The van der Waals surface area contributed by atoms with Crippen molar-refractivity contribution < 1.29 is 13.3 Å². The number of anilines is 1. The van der Waals surface area contributed by atoms with E-state index in [0.29, 0.717) is 24.3 Å². The number of nitrogens with zero attached hydrogens (tertiary/aromatic N) is 3. The lowest BCUT2D eigenvalue weighted by Crippen LogP contribution is -2.27. The third kappa shape index (κ3) is 3.36. The van der Waals surface area contributed by atoms with Crippen LogP contribution in [0.5, 0.6) is 0 Å². The number of nitrogens with one attached hydrogen (secondary N) is 2. The van der Waals surface area contributed by atoms with Crippen LogP contribution in [0.4, 0.5) is 11.4 Å². The Morgan fingerprint density at radius 1 is 1.03 bits per heavy atom. The van der Waals surface area contributed by atoms with Crippen molar-refractivity contribution in [1.29, 1.82) is 0 Å². The first-order valence-electron chi connectivity index (χ1n) is 10.7. The van der Waals surface area contributed by atoms with E-state index in [0.717, 1.165) is 28.2 Å². The zero-order valence-electron chi connectivity index (χ0n) is 18.1. The molecule has 2 aromatic heterocycles. The number of aromatic amines is 1.